The Morgan fingerprint density at radius 3 is 1.21 bits per heavy atom. The van der Waals surface area contributed by atoms with Crippen LogP contribution in [0.3, 0.4) is 0 Å². The summed E-state index contributed by atoms with van der Waals surface area (Å²) >= 11 is 8.70. The van der Waals surface area contributed by atoms with Gasteiger partial charge >= 0.3 is 0 Å². The summed E-state index contributed by atoms with van der Waals surface area (Å²) in [7, 11) is 0. The van der Waals surface area contributed by atoms with Gasteiger partial charge in [-0.2, -0.15) is 0 Å². The molecule has 0 heterocycles. The van der Waals surface area contributed by atoms with E-state index in [-0.39, 0.29) is 0 Å². The quantitative estimate of drug-likeness (QED) is 0.682. The van der Waals surface area contributed by atoms with Gasteiger partial charge in [-0.25, -0.2) is 0 Å². The SMILES string of the molecule is CCN(CC)C(=C(S)S)N(CC)CC. The van der Waals surface area contributed by atoms with Crippen LogP contribution in [0, 0.1) is 0 Å². The largest absolute Gasteiger partial charge is 0.357 e. The number of nitrogens with zero attached hydrogens (tertiary/aromatic N) is 2. The Hall–Kier alpha value is 0.0400. The summed E-state index contributed by atoms with van der Waals surface area (Å²) in [5, 5.41) is 0. The van der Waals surface area contributed by atoms with Crippen LogP contribution in [0.4, 0.5) is 0 Å². The molecule has 0 bridgehead atoms. The van der Waals surface area contributed by atoms with Crippen molar-refractivity contribution in [1.82, 2.24) is 9.80 Å². The molecule has 0 aromatic rings. The zero-order valence-electron chi connectivity index (χ0n) is 9.62. The molecular formula is C10H22N2S2. The van der Waals surface area contributed by atoms with Crippen molar-refractivity contribution in [3.63, 3.8) is 0 Å². The predicted octanol–water partition coefficient (Wildman–Crippen LogP) is 2.66. The molecule has 0 fully saturated rings. The van der Waals surface area contributed by atoms with E-state index in [1.807, 2.05) is 0 Å². The van der Waals surface area contributed by atoms with Gasteiger partial charge < -0.3 is 9.80 Å². The topological polar surface area (TPSA) is 6.48 Å². The minimum absolute atomic E-state index is 0.803. The van der Waals surface area contributed by atoms with Crippen molar-refractivity contribution >= 4 is 25.3 Å². The summed E-state index contributed by atoms with van der Waals surface area (Å²) in [6, 6.07) is 0. The molecule has 0 aromatic heterocycles. The lowest BCUT2D eigenvalue weighted by Crippen LogP contribution is -2.35. The third-order valence-corrected chi connectivity index (χ3v) is 2.73. The first kappa shape index (κ1) is 14.0. The van der Waals surface area contributed by atoms with Crippen molar-refractivity contribution in [3.8, 4) is 0 Å². The molecule has 0 rings (SSSR count). The lowest BCUT2D eigenvalue weighted by atomic mass is 10.4. The fourth-order valence-corrected chi connectivity index (χ4v) is 2.09. The van der Waals surface area contributed by atoms with E-state index < -0.39 is 0 Å². The van der Waals surface area contributed by atoms with Crippen molar-refractivity contribution < 1.29 is 0 Å². The number of hydrogen-bond acceptors (Lipinski definition) is 4. The monoisotopic (exact) mass is 234 g/mol. The molecule has 84 valence electrons. The standard InChI is InChI=1S/C10H22N2S2/c1-5-11(6-2)9(10(13)14)12(7-3)8-4/h13-14H,5-8H2,1-4H3. The highest BCUT2D eigenvalue weighted by Crippen LogP contribution is 2.20. The molecular weight excluding hydrogens is 212 g/mol. The molecule has 0 N–H and O–H groups in total. The number of thiol groups is 2. The molecule has 2 nitrogen and oxygen atoms in total. The predicted molar refractivity (Wildman–Crippen MR) is 70.8 cm³/mol. The van der Waals surface area contributed by atoms with Crippen LogP contribution in [0.2, 0.25) is 0 Å². The van der Waals surface area contributed by atoms with Gasteiger partial charge in [0.15, 0.2) is 0 Å². The molecule has 0 saturated heterocycles. The molecule has 4 heteroatoms. The summed E-state index contributed by atoms with van der Waals surface area (Å²) in [6.07, 6.45) is 0. The molecule has 0 aliphatic heterocycles. The van der Waals surface area contributed by atoms with E-state index in [0.717, 1.165) is 36.2 Å². The van der Waals surface area contributed by atoms with Crippen LogP contribution in [-0.2, 0) is 0 Å². The zero-order valence-corrected chi connectivity index (χ0v) is 11.4. The molecule has 0 spiro atoms. The normalized spacial score (nSPS) is 9.86. The third kappa shape index (κ3) is 3.65. The molecule has 0 aliphatic carbocycles. The zero-order chi connectivity index (χ0) is 11.1. The van der Waals surface area contributed by atoms with Gasteiger partial charge in [0, 0.05) is 26.2 Å². The van der Waals surface area contributed by atoms with Gasteiger partial charge in [0.1, 0.15) is 5.82 Å². The van der Waals surface area contributed by atoms with Gasteiger partial charge in [0.05, 0.1) is 4.24 Å². The average molecular weight is 234 g/mol. The Morgan fingerprint density at radius 1 is 0.786 bits per heavy atom. The van der Waals surface area contributed by atoms with E-state index in [1.54, 1.807) is 0 Å². The molecule has 0 saturated carbocycles. The van der Waals surface area contributed by atoms with Crippen LogP contribution in [0.15, 0.2) is 10.1 Å². The van der Waals surface area contributed by atoms with Crippen molar-refractivity contribution in [1.29, 1.82) is 0 Å². The molecule has 0 amide bonds. The van der Waals surface area contributed by atoms with Gasteiger partial charge in [0.25, 0.3) is 0 Å². The first-order valence-corrected chi connectivity index (χ1v) is 6.13. The minimum Gasteiger partial charge on any atom is -0.357 e. The van der Waals surface area contributed by atoms with Crippen LogP contribution in [0.25, 0.3) is 0 Å². The summed E-state index contributed by atoms with van der Waals surface area (Å²) < 4.78 is 0.803. The van der Waals surface area contributed by atoms with Crippen molar-refractivity contribution in [2.45, 2.75) is 27.7 Å². The van der Waals surface area contributed by atoms with Crippen molar-refractivity contribution in [2.24, 2.45) is 0 Å². The van der Waals surface area contributed by atoms with Crippen LogP contribution in [0.5, 0.6) is 0 Å². The van der Waals surface area contributed by atoms with E-state index in [1.165, 1.54) is 0 Å². The van der Waals surface area contributed by atoms with E-state index in [4.69, 9.17) is 0 Å². The van der Waals surface area contributed by atoms with Crippen LogP contribution < -0.4 is 0 Å². The second kappa shape index (κ2) is 7.35. The number of rotatable bonds is 6. The first-order valence-electron chi connectivity index (χ1n) is 5.24. The Kier molecular flexibility index (Phi) is 7.37. The highest BCUT2D eigenvalue weighted by atomic mass is 32.2. The fraction of sp³-hybridized carbons (Fsp3) is 0.800. The molecule has 0 unspecified atom stereocenters. The van der Waals surface area contributed by atoms with Crippen LogP contribution in [-0.4, -0.2) is 36.0 Å². The summed E-state index contributed by atoms with van der Waals surface area (Å²) in [5.74, 6) is 1.15. The average Bonchev–Trinajstić information content (AvgIpc) is 2.18. The maximum Gasteiger partial charge on any atom is 0.124 e. The highest BCUT2D eigenvalue weighted by Gasteiger charge is 2.13. The lowest BCUT2D eigenvalue weighted by Gasteiger charge is -2.34. The summed E-state index contributed by atoms with van der Waals surface area (Å²) in [4.78, 5) is 4.56. The van der Waals surface area contributed by atoms with Gasteiger partial charge in [0.2, 0.25) is 0 Å². The van der Waals surface area contributed by atoms with Gasteiger partial charge in [-0.3, -0.25) is 0 Å². The van der Waals surface area contributed by atoms with E-state index in [2.05, 4.69) is 62.8 Å². The smallest absolute Gasteiger partial charge is 0.124 e. The second-order valence-corrected chi connectivity index (χ2v) is 4.24. The summed E-state index contributed by atoms with van der Waals surface area (Å²) in [5.41, 5.74) is 0. The third-order valence-electron chi connectivity index (χ3n) is 2.33. The molecule has 14 heavy (non-hydrogen) atoms. The maximum atomic E-state index is 4.35. The van der Waals surface area contributed by atoms with Crippen LogP contribution in [0.1, 0.15) is 27.7 Å². The molecule has 0 aromatic carbocycles. The highest BCUT2D eigenvalue weighted by molar-refractivity contribution is 8.05. The number of hydrogen-bond donors (Lipinski definition) is 2. The van der Waals surface area contributed by atoms with E-state index >= 15 is 0 Å². The van der Waals surface area contributed by atoms with Gasteiger partial charge in [-0.05, 0) is 27.7 Å². The van der Waals surface area contributed by atoms with Gasteiger partial charge in [-0.1, -0.05) is 0 Å². The van der Waals surface area contributed by atoms with Crippen molar-refractivity contribution in [2.75, 3.05) is 26.2 Å². The molecule has 0 aliphatic rings. The Balaban J connectivity index is 4.84. The maximum absolute atomic E-state index is 4.35. The Bertz CT molecular complexity index is 167. The summed E-state index contributed by atoms with van der Waals surface area (Å²) in [6.45, 7) is 12.6. The van der Waals surface area contributed by atoms with Crippen LogP contribution >= 0.6 is 25.3 Å². The Morgan fingerprint density at radius 2 is 1.07 bits per heavy atom. The lowest BCUT2D eigenvalue weighted by molar-refractivity contribution is 0.235. The Labute approximate surface area is 99.2 Å². The second-order valence-electron chi connectivity index (χ2n) is 2.99. The molecule has 0 atom stereocenters. The minimum atomic E-state index is 0.803. The van der Waals surface area contributed by atoms with E-state index in [0.29, 0.717) is 0 Å². The molecule has 0 radical (unpaired) electrons. The van der Waals surface area contributed by atoms with Gasteiger partial charge in [-0.15, -0.1) is 25.3 Å². The fourth-order valence-electron chi connectivity index (χ4n) is 1.53. The van der Waals surface area contributed by atoms with E-state index in [9.17, 15) is 0 Å². The first-order chi connectivity index (χ1) is 6.62. The van der Waals surface area contributed by atoms with Crippen molar-refractivity contribution in [3.05, 3.63) is 10.1 Å².